The Kier molecular flexibility index (Phi) is 6.12. The minimum Gasteiger partial charge on any atom is -0.489 e. The van der Waals surface area contributed by atoms with Crippen molar-refractivity contribution in [3.05, 3.63) is 60.2 Å². The number of urea groups is 1. The van der Waals surface area contributed by atoms with Crippen molar-refractivity contribution in [1.82, 2.24) is 15.2 Å². The summed E-state index contributed by atoms with van der Waals surface area (Å²) in [6.45, 7) is 4.07. The standard InChI is InChI=1S/C18H22FN3O2/c1-13(24-17-8-4-7-16(19)10-17)11-21-18(23)22(3)14(2)15-6-5-9-20-12-15/h4-10,12-14H,11H2,1-3H3,(H,21,23). The molecule has 0 aliphatic rings. The van der Waals surface area contributed by atoms with Crippen LogP contribution in [-0.2, 0) is 0 Å². The smallest absolute Gasteiger partial charge is 0.317 e. The fourth-order valence-electron chi connectivity index (χ4n) is 2.19. The molecular formula is C18H22FN3O2. The van der Waals surface area contributed by atoms with Crippen LogP contribution in [0.25, 0.3) is 0 Å². The summed E-state index contributed by atoms with van der Waals surface area (Å²) in [6.07, 6.45) is 3.16. The van der Waals surface area contributed by atoms with Crippen molar-refractivity contribution in [1.29, 1.82) is 0 Å². The first-order valence-electron chi connectivity index (χ1n) is 7.80. The Hall–Kier alpha value is -2.63. The number of nitrogens with one attached hydrogen (secondary N) is 1. The number of aromatic nitrogens is 1. The van der Waals surface area contributed by atoms with Crippen LogP contribution in [0.3, 0.4) is 0 Å². The van der Waals surface area contributed by atoms with E-state index in [2.05, 4.69) is 10.3 Å². The zero-order chi connectivity index (χ0) is 17.5. The van der Waals surface area contributed by atoms with E-state index in [1.165, 1.54) is 12.1 Å². The molecule has 0 fully saturated rings. The summed E-state index contributed by atoms with van der Waals surface area (Å²) >= 11 is 0. The molecule has 0 saturated carbocycles. The molecule has 1 heterocycles. The molecule has 5 nitrogen and oxygen atoms in total. The zero-order valence-corrected chi connectivity index (χ0v) is 14.1. The van der Waals surface area contributed by atoms with E-state index in [0.717, 1.165) is 5.56 Å². The molecule has 0 aliphatic carbocycles. The zero-order valence-electron chi connectivity index (χ0n) is 14.1. The first kappa shape index (κ1) is 17.7. The van der Waals surface area contributed by atoms with Crippen LogP contribution in [0.2, 0.25) is 0 Å². The number of hydrogen-bond donors (Lipinski definition) is 1. The predicted octanol–water partition coefficient (Wildman–Crippen LogP) is 3.39. The van der Waals surface area contributed by atoms with Crippen LogP contribution < -0.4 is 10.1 Å². The highest BCUT2D eigenvalue weighted by atomic mass is 19.1. The third-order valence-corrected chi connectivity index (χ3v) is 3.74. The molecule has 128 valence electrons. The largest absolute Gasteiger partial charge is 0.489 e. The molecule has 2 rings (SSSR count). The maximum absolute atomic E-state index is 13.1. The number of pyridine rings is 1. The van der Waals surface area contributed by atoms with Gasteiger partial charge in [-0.15, -0.1) is 0 Å². The van der Waals surface area contributed by atoms with Gasteiger partial charge in [0, 0.05) is 25.5 Å². The molecule has 0 saturated heterocycles. The van der Waals surface area contributed by atoms with Crippen molar-refractivity contribution in [3.63, 3.8) is 0 Å². The summed E-state index contributed by atoms with van der Waals surface area (Å²) < 4.78 is 18.7. The van der Waals surface area contributed by atoms with Crippen molar-refractivity contribution >= 4 is 6.03 Å². The van der Waals surface area contributed by atoms with Crippen molar-refractivity contribution < 1.29 is 13.9 Å². The second kappa shape index (κ2) is 8.29. The molecule has 2 unspecified atom stereocenters. The highest BCUT2D eigenvalue weighted by Crippen LogP contribution is 2.17. The number of nitrogens with zero attached hydrogens (tertiary/aromatic N) is 2. The fraction of sp³-hybridized carbons (Fsp3) is 0.333. The second-order valence-electron chi connectivity index (χ2n) is 5.65. The van der Waals surface area contributed by atoms with Crippen LogP contribution in [0.15, 0.2) is 48.8 Å². The van der Waals surface area contributed by atoms with Gasteiger partial charge in [0.05, 0.1) is 12.6 Å². The third kappa shape index (κ3) is 4.94. The van der Waals surface area contributed by atoms with E-state index in [1.807, 2.05) is 26.0 Å². The van der Waals surface area contributed by atoms with Gasteiger partial charge >= 0.3 is 6.03 Å². The fourth-order valence-corrected chi connectivity index (χ4v) is 2.19. The van der Waals surface area contributed by atoms with E-state index in [-0.39, 0.29) is 24.0 Å². The van der Waals surface area contributed by atoms with Gasteiger partial charge in [-0.2, -0.15) is 0 Å². The SMILES string of the molecule is CC(CNC(=O)N(C)C(C)c1cccnc1)Oc1cccc(F)c1. The molecule has 0 bridgehead atoms. The maximum Gasteiger partial charge on any atom is 0.317 e. The number of rotatable bonds is 6. The summed E-state index contributed by atoms with van der Waals surface area (Å²) in [5.74, 6) is 0.0857. The van der Waals surface area contributed by atoms with E-state index >= 15 is 0 Å². The molecular weight excluding hydrogens is 309 g/mol. The molecule has 1 aromatic carbocycles. The highest BCUT2D eigenvalue weighted by molar-refractivity contribution is 5.74. The summed E-state index contributed by atoms with van der Waals surface area (Å²) in [5.41, 5.74) is 0.958. The van der Waals surface area contributed by atoms with Crippen LogP contribution in [0.5, 0.6) is 5.75 Å². The molecule has 2 atom stereocenters. The van der Waals surface area contributed by atoms with Crippen LogP contribution >= 0.6 is 0 Å². The quantitative estimate of drug-likeness (QED) is 0.883. The van der Waals surface area contributed by atoms with E-state index in [4.69, 9.17) is 4.74 Å². The number of halogens is 1. The van der Waals surface area contributed by atoms with E-state index in [1.54, 1.807) is 36.5 Å². The lowest BCUT2D eigenvalue weighted by atomic mass is 10.1. The molecule has 0 aliphatic heterocycles. The normalized spacial score (nSPS) is 13.0. The minimum atomic E-state index is -0.353. The van der Waals surface area contributed by atoms with Gasteiger partial charge in [-0.25, -0.2) is 9.18 Å². The Morgan fingerprint density at radius 1 is 1.33 bits per heavy atom. The van der Waals surface area contributed by atoms with Gasteiger partial charge in [-0.1, -0.05) is 12.1 Å². The van der Waals surface area contributed by atoms with E-state index < -0.39 is 0 Å². The van der Waals surface area contributed by atoms with Crippen LogP contribution in [0.1, 0.15) is 25.5 Å². The molecule has 1 aromatic heterocycles. The Morgan fingerprint density at radius 2 is 2.12 bits per heavy atom. The first-order chi connectivity index (χ1) is 11.5. The van der Waals surface area contributed by atoms with E-state index in [9.17, 15) is 9.18 Å². The molecule has 1 N–H and O–H groups in total. The number of amides is 2. The van der Waals surface area contributed by atoms with Crippen LogP contribution in [-0.4, -0.2) is 35.6 Å². The van der Waals surface area contributed by atoms with Gasteiger partial charge in [-0.05, 0) is 37.6 Å². The van der Waals surface area contributed by atoms with Gasteiger partial charge in [0.2, 0.25) is 0 Å². The number of carbonyl (C=O) groups is 1. The number of benzene rings is 1. The van der Waals surface area contributed by atoms with Gasteiger partial charge in [0.15, 0.2) is 0 Å². The number of carbonyl (C=O) groups excluding carboxylic acids is 1. The minimum absolute atomic E-state index is 0.0989. The third-order valence-electron chi connectivity index (χ3n) is 3.74. The predicted molar refractivity (Wildman–Crippen MR) is 90.3 cm³/mol. The molecule has 2 aromatic rings. The summed E-state index contributed by atoms with van der Waals surface area (Å²) in [7, 11) is 1.73. The number of ether oxygens (including phenoxy) is 1. The van der Waals surface area contributed by atoms with Crippen molar-refractivity contribution in [2.75, 3.05) is 13.6 Å². The first-order valence-corrected chi connectivity index (χ1v) is 7.80. The molecule has 2 amide bonds. The highest BCUT2D eigenvalue weighted by Gasteiger charge is 2.18. The van der Waals surface area contributed by atoms with Gasteiger partial charge in [-0.3, -0.25) is 4.98 Å². The van der Waals surface area contributed by atoms with E-state index in [0.29, 0.717) is 12.3 Å². The van der Waals surface area contributed by atoms with Crippen molar-refractivity contribution in [3.8, 4) is 5.75 Å². The monoisotopic (exact) mass is 331 g/mol. The topological polar surface area (TPSA) is 54.5 Å². The van der Waals surface area contributed by atoms with Crippen LogP contribution in [0, 0.1) is 5.82 Å². The lowest BCUT2D eigenvalue weighted by Crippen LogP contribution is -2.42. The lowest BCUT2D eigenvalue weighted by Gasteiger charge is -2.26. The van der Waals surface area contributed by atoms with Gasteiger partial charge in [0.1, 0.15) is 17.7 Å². The lowest BCUT2D eigenvalue weighted by molar-refractivity contribution is 0.179. The molecule has 24 heavy (non-hydrogen) atoms. The Morgan fingerprint density at radius 3 is 2.79 bits per heavy atom. The summed E-state index contributed by atoms with van der Waals surface area (Å²) in [4.78, 5) is 17.9. The Balaban J connectivity index is 1.83. The Bertz CT molecular complexity index is 666. The summed E-state index contributed by atoms with van der Waals surface area (Å²) in [5, 5.41) is 2.82. The van der Waals surface area contributed by atoms with Crippen molar-refractivity contribution in [2.45, 2.75) is 26.0 Å². The summed E-state index contributed by atoms with van der Waals surface area (Å²) in [6, 6.07) is 9.39. The van der Waals surface area contributed by atoms with Crippen LogP contribution in [0.4, 0.5) is 9.18 Å². The molecule has 6 heteroatoms. The maximum atomic E-state index is 13.1. The number of hydrogen-bond acceptors (Lipinski definition) is 3. The Labute approximate surface area is 141 Å². The van der Waals surface area contributed by atoms with Gasteiger partial charge < -0.3 is 15.0 Å². The average molecular weight is 331 g/mol. The van der Waals surface area contributed by atoms with Gasteiger partial charge in [0.25, 0.3) is 0 Å². The molecule has 0 spiro atoms. The second-order valence-corrected chi connectivity index (χ2v) is 5.65. The molecule has 0 radical (unpaired) electrons. The average Bonchev–Trinajstić information content (AvgIpc) is 2.59. The van der Waals surface area contributed by atoms with Crippen molar-refractivity contribution in [2.24, 2.45) is 0 Å².